The smallest absolute Gasteiger partial charge is 0.356 e. The summed E-state index contributed by atoms with van der Waals surface area (Å²) >= 11 is 0. The Bertz CT molecular complexity index is 742. The lowest BCUT2D eigenvalue weighted by atomic mass is 10.1. The van der Waals surface area contributed by atoms with Crippen LogP contribution >= 0.6 is 0 Å². The van der Waals surface area contributed by atoms with Gasteiger partial charge in [-0.05, 0) is 24.3 Å². The first-order valence-corrected chi connectivity index (χ1v) is 5.26. The highest BCUT2D eigenvalue weighted by atomic mass is 16.4. The first kappa shape index (κ1) is 10.5. The van der Waals surface area contributed by atoms with Gasteiger partial charge in [0.15, 0.2) is 17.7 Å². The number of carbonyl (C=O) groups is 1. The molecule has 1 N–H and O–H groups in total. The van der Waals surface area contributed by atoms with Gasteiger partial charge in [-0.25, -0.2) is 9.78 Å². The molecule has 3 aromatic rings. The Morgan fingerprint density at radius 3 is 2.94 bits per heavy atom. The quantitative estimate of drug-likeness (QED) is 0.743. The molecule has 0 atom stereocenters. The number of nitrogens with zero attached hydrogens (tertiary/aromatic N) is 3. The summed E-state index contributed by atoms with van der Waals surface area (Å²) in [6, 6.07) is 7.01. The first-order chi connectivity index (χ1) is 8.65. The average molecular weight is 243 g/mol. The Labute approximate surface area is 101 Å². The van der Waals surface area contributed by atoms with Crippen LogP contribution in [-0.2, 0) is 7.05 Å². The Balaban J connectivity index is 2.15. The van der Waals surface area contributed by atoms with Gasteiger partial charge in [-0.1, -0.05) is 0 Å². The van der Waals surface area contributed by atoms with Crippen molar-refractivity contribution in [1.82, 2.24) is 14.8 Å². The number of rotatable bonds is 2. The average Bonchev–Trinajstić information content (AvgIpc) is 2.93. The summed E-state index contributed by atoms with van der Waals surface area (Å²) in [7, 11) is 1.70. The number of aryl methyl sites for hydroxylation is 1. The maximum atomic E-state index is 10.9. The molecular formula is C12H9N3O3. The van der Waals surface area contributed by atoms with Crippen molar-refractivity contribution in [2.24, 2.45) is 7.05 Å². The van der Waals surface area contributed by atoms with Crippen molar-refractivity contribution in [3.63, 3.8) is 0 Å². The second-order valence-electron chi connectivity index (χ2n) is 3.88. The fourth-order valence-corrected chi connectivity index (χ4v) is 1.86. The van der Waals surface area contributed by atoms with Crippen LogP contribution in [0.1, 0.15) is 10.5 Å². The topological polar surface area (TPSA) is 81.2 Å². The molecular weight excluding hydrogens is 234 g/mol. The summed E-state index contributed by atoms with van der Waals surface area (Å²) in [5, 5.41) is 12.8. The van der Waals surface area contributed by atoms with E-state index in [4.69, 9.17) is 9.52 Å². The maximum Gasteiger partial charge on any atom is 0.356 e. The minimum atomic E-state index is -1.04. The summed E-state index contributed by atoms with van der Waals surface area (Å²) in [6.45, 7) is 0. The second kappa shape index (κ2) is 3.69. The number of oxazole rings is 1. The van der Waals surface area contributed by atoms with Crippen molar-refractivity contribution in [3.8, 4) is 11.3 Å². The van der Waals surface area contributed by atoms with Crippen molar-refractivity contribution in [3.05, 3.63) is 36.4 Å². The molecule has 0 saturated carbocycles. The molecule has 0 aliphatic carbocycles. The van der Waals surface area contributed by atoms with E-state index in [1.165, 1.54) is 17.1 Å². The highest BCUT2D eigenvalue weighted by Gasteiger charge is 2.13. The molecule has 0 saturated heterocycles. The third-order valence-electron chi connectivity index (χ3n) is 2.73. The molecule has 6 nitrogen and oxygen atoms in total. The molecule has 0 aliphatic rings. The number of aromatic nitrogens is 3. The van der Waals surface area contributed by atoms with E-state index < -0.39 is 5.97 Å². The van der Waals surface area contributed by atoms with Gasteiger partial charge in [0.2, 0.25) is 0 Å². The number of hydrogen-bond acceptors (Lipinski definition) is 4. The predicted octanol–water partition coefficient (Wildman–Crippen LogP) is 1.93. The van der Waals surface area contributed by atoms with Gasteiger partial charge < -0.3 is 9.52 Å². The second-order valence-corrected chi connectivity index (χ2v) is 3.88. The molecule has 0 radical (unpaired) electrons. The van der Waals surface area contributed by atoms with Crippen molar-refractivity contribution in [2.75, 3.05) is 0 Å². The summed E-state index contributed by atoms with van der Waals surface area (Å²) in [6.07, 6.45) is 1.38. The van der Waals surface area contributed by atoms with Gasteiger partial charge in [0.1, 0.15) is 5.52 Å². The number of carboxylic acids is 1. The number of fused-ring (bicyclic) bond motifs is 1. The molecule has 0 bridgehead atoms. The lowest BCUT2D eigenvalue weighted by Gasteiger charge is -2.00. The minimum absolute atomic E-state index is 0.0211. The van der Waals surface area contributed by atoms with Gasteiger partial charge in [-0.15, -0.1) is 0 Å². The van der Waals surface area contributed by atoms with Gasteiger partial charge in [0, 0.05) is 12.6 Å². The molecule has 90 valence electrons. The monoisotopic (exact) mass is 243 g/mol. The van der Waals surface area contributed by atoms with Crippen LogP contribution < -0.4 is 0 Å². The van der Waals surface area contributed by atoms with Crippen LogP contribution in [0.25, 0.3) is 22.4 Å². The number of aromatic carboxylic acids is 1. The summed E-state index contributed by atoms with van der Waals surface area (Å²) in [5.41, 5.74) is 3.01. The standard InChI is InChI=1S/C12H9N3O3/c1-15-10(5-9(14-15)12(16)17)7-2-3-11-8(4-7)13-6-18-11/h2-6H,1H3,(H,16,17). The molecule has 2 heterocycles. The largest absolute Gasteiger partial charge is 0.476 e. The SMILES string of the molecule is Cn1nc(C(=O)O)cc1-c1ccc2ocnc2c1. The van der Waals surface area contributed by atoms with Crippen LogP contribution in [0, 0.1) is 0 Å². The van der Waals surface area contributed by atoms with Crippen molar-refractivity contribution in [2.45, 2.75) is 0 Å². The zero-order valence-corrected chi connectivity index (χ0v) is 9.49. The molecule has 18 heavy (non-hydrogen) atoms. The summed E-state index contributed by atoms with van der Waals surface area (Å²) in [5.74, 6) is -1.04. The number of benzene rings is 1. The Hall–Kier alpha value is -2.63. The fraction of sp³-hybridized carbons (Fsp3) is 0.0833. The third-order valence-corrected chi connectivity index (χ3v) is 2.73. The van der Waals surface area contributed by atoms with Crippen molar-refractivity contribution < 1.29 is 14.3 Å². The van der Waals surface area contributed by atoms with Crippen LogP contribution in [0.15, 0.2) is 35.1 Å². The third kappa shape index (κ3) is 1.55. The van der Waals surface area contributed by atoms with Gasteiger partial charge in [-0.3, -0.25) is 4.68 Å². The predicted molar refractivity (Wildman–Crippen MR) is 63.2 cm³/mol. The highest BCUT2D eigenvalue weighted by Crippen LogP contribution is 2.24. The summed E-state index contributed by atoms with van der Waals surface area (Å²) in [4.78, 5) is 14.9. The molecule has 0 fully saturated rings. The fourth-order valence-electron chi connectivity index (χ4n) is 1.86. The van der Waals surface area contributed by atoms with Gasteiger partial charge in [-0.2, -0.15) is 5.10 Å². The maximum absolute atomic E-state index is 10.9. The molecule has 1 aromatic carbocycles. The van der Waals surface area contributed by atoms with Gasteiger partial charge >= 0.3 is 5.97 Å². The highest BCUT2D eigenvalue weighted by molar-refractivity contribution is 5.87. The molecule has 6 heteroatoms. The van der Waals surface area contributed by atoms with Crippen LogP contribution in [-0.4, -0.2) is 25.8 Å². The molecule has 0 spiro atoms. The number of carboxylic acid groups (broad SMARTS) is 1. The van der Waals surface area contributed by atoms with E-state index in [0.29, 0.717) is 5.58 Å². The van der Waals surface area contributed by atoms with E-state index in [0.717, 1.165) is 16.8 Å². The Kier molecular flexibility index (Phi) is 2.16. The van der Waals surface area contributed by atoms with Gasteiger partial charge in [0.25, 0.3) is 0 Å². The lowest BCUT2D eigenvalue weighted by Crippen LogP contribution is -1.99. The van der Waals surface area contributed by atoms with E-state index in [2.05, 4.69) is 10.1 Å². The van der Waals surface area contributed by atoms with E-state index in [9.17, 15) is 4.79 Å². The molecule has 2 aromatic heterocycles. The van der Waals surface area contributed by atoms with E-state index in [1.54, 1.807) is 13.1 Å². The lowest BCUT2D eigenvalue weighted by molar-refractivity contribution is 0.0689. The Morgan fingerprint density at radius 2 is 2.22 bits per heavy atom. The van der Waals surface area contributed by atoms with Crippen LogP contribution in [0.3, 0.4) is 0 Å². The normalized spacial score (nSPS) is 10.9. The molecule has 0 unspecified atom stereocenters. The first-order valence-electron chi connectivity index (χ1n) is 5.26. The van der Waals surface area contributed by atoms with Crippen LogP contribution in [0.5, 0.6) is 0 Å². The molecule has 0 aliphatic heterocycles. The Morgan fingerprint density at radius 1 is 1.39 bits per heavy atom. The van der Waals surface area contributed by atoms with Gasteiger partial charge in [0.05, 0.1) is 5.69 Å². The van der Waals surface area contributed by atoms with Crippen LogP contribution in [0.4, 0.5) is 0 Å². The van der Waals surface area contributed by atoms with E-state index in [-0.39, 0.29) is 5.69 Å². The number of hydrogen-bond donors (Lipinski definition) is 1. The van der Waals surface area contributed by atoms with E-state index >= 15 is 0 Å². The minimum Gasteiger partial charge on any atom is -0.476 e. The summed E-state index contributed by atoms with van der Waals surface area (Å²) < 4.78 is 6.69. The van der Waals surface area contributed by atoms with E-state index in [1.807, 2.05) is 12.1 Å². The zero-order chi connectivity index (χ0) is 12.7. The molecule has 3 rings (SSSR count). The molecule has 0 amide bonds. The van der Waals surface area contributed by atoms with Crippen molar-refractivity contribution >= 4 is 17.1 Å². The zero-order valence-electron chi connectivity index (χ0n) is 9.49. The van der Waals surface area contributed by atoms with Crippen LogP contribution in [0.2, 0.25) is 0 Å². The van der Waals surface area contributed by atoms with Crippen molar-refractivity contribution in [1.29, 1.82) is 0 Å².